The fourth-order valence-corrected chi connectivity index (χ4v) is 6.18. The highest BCUT2D eigenvalue weighted by Gasteiger charge is 2.44. The number of amides is 2. The predicted octanol–water partition coefficient (Wildman–Crippen LogP) is 4.43. The van der Waals surface area contributed by atoms with Crippen molar-refractivity contribution < 1.29 is 29.3 Å². The molecule has 2 aliphatic rings. The molecule has 0 saturated carbocycles. The predicted molar refractivity (Wildman–Crippen MR) is 161 cm³/mol. The number of thiophene rings is 1. The van der Waals surface area contributed by atoms with E-state index in [-0.39, 0.29) is 19.6 Å². The molecule has 5 rings (SSSR count). The Hall–Kier alpha value is -4.28. The monoisotopic (exact) mass is 587 g/mol. The zero-order chi connectivity index (χ0) is 30.2. The van der Waals surface area contributed by atoms with Crippen LogP contribution in [0, 0.1) is 10.8 Å². The van der Waals surface area contributed by atoms with Gasteiger partial charge in [0.1, 0.15) is 24.4 Å². The Labute approximate surface area is 248 Å². The topological polar surface area (TPSA) is 140 Å². The number of aliphatic carboxylic acids is 1. The van der Waals surface area contributed by atoms with Crippen molar-refractivity contribution in [3.8, 4) is 16.9 Å². The van der Waals surface area contributed by atoms with Crippen LogP contribution >= 0.6 is 11.3 Å². The number of carboxylic acid groups (broad SMARTS) is 1. The third-order valence-corrected chi connectivity index (χ3v) is 8.46. The molecule has 42 heavy (non-hydrogen) atoms. The first-order valence-electron chi connectivity index (χ1n) is 13.7. The molecular formula is C32H33N3O6S. The quantitative estimate of drug-likeness (QED) is 0.241. The standard InChI is InChI=1S/C32H33N3O6S/c1-32(2,3)28(30(38)35-17-19(36)15-25(35)31(39)40)34-29(37)27-18(12-14-42-27)7-6-13-41-20-10-11-22-21-8-4-5-9-23(21)26(33)24(22)16-20/h4-12,14,16,19,25,28,33,36H,13,15,17H2,1-3H3,(H,34,37)(H,39,40)/b7-6+,33-26?/t19-,25+,28-/m1/s1. The highest BCUT2D eigenvalue weighted by Crippen LogP contribution is 2.38. The Morgan fingerprint density at radius 3 is 2.55 bits per heavy atom. The molecule has 0 unspecified atom stereocenters. The molecule has 0 spiro atoms. The number of aliphatic hydroxyl groups excluding tert-OH is 1. The number of aliphatic hydroxyl groups is 1. The summed E-state index contributed by atoms with van der Waals surface area (Å²) in [5.74, 6) is -1.53. The van der Waals surface area contributed by atoms with Crippen molar-refractivity contribution in [1.82, 2.24) is 10.2 Å². The summed E-state index contributed by atoms with van der Waals surface area (Å²) in [6, 6.07) is 13.2. The second-order valence-corrected chi connectivity index (χ2v) is 12.5. The summed E-state index contributed by atoms with van der Waals surface area (Å²) in [6.07, 6.45) is 2.60. The number of nitrogens with one attached hydrogen (secondary N) is 2. The number of hydrogen-bond acceptors (Lipinski definition) is 7. The summed E-state index contributed by atoms with van der Waals surface area (Å²) in [5.41, 5.74) is 4.21. The van der Waals surface area contributed by atoms with Crippen molar-refractivity contribution in [2.75, 3.05) is 13.2 Å². The molecule has 1 saturated heterocycles. The van der Waals surface area contributed by atoms with E-state index in [0.29, 0.717) is 21.9 Å². The van der Waals surface area contributed by atoms with Crippen LogP contribution in [0.4, 0.5) is 0 Å². The summed E-state index contributed by atoms with van der Waals surface area (Å²) in [7, 11) is 0. The first-order valence-corrected chi connectivity index (χ1v) is 14.6. The summed E-state index contributed by atoms with van der Waals surface area (Å²) in [4.78, 5) is 40.0. The Bertz CT molecular complexity index is 1590. The van der Waals surface area contributed by atoms with E-state index < -0.39 is 41.4 Å². The van der Waals surface area contributed by atoms with Gasteiger partial charge in [-0.2, -0.15) is 0 Å². The van der Waals surface area contributed by atoms with Gasteiger partial charge in [0.15, 0.2) is 0 Å². The number of benzene rings is 2. The lowest BCUT2D eigenvalue weighted by Gasteiger charge is -2.34. The number of hydrogen-bond donors (Lipinski definition) is 4. The van der Waals surface area contributed by atoms with Crippen LogP contribution in [0.2, 0.25) is 0 Å². The number of β-amino-alcohol motifs (C(OH)–C–C–N with tert-alkyl or cyclic N) is 1. The number of carbonyl (C=O) groups excluding carboxylic acids is 2. The zero-order valence-corrected chi connectivity index (χ0v) is 24.4. The summed E-state index contributed by atoms with van der Waals surface area (Å²) in [6.45, 7) is 5.54. The average Bonchev–Trinajstić information content (AvgIpc) is 3.65. The second kappa shape index (κ2) is 11.5. The normalized spacial score (nSPS) is 18.6. The maximum atomic E-state index is 13.4. The van der Waals surface area contributed by atoms with E-state index >= 15 is 0 Å². The maximum Gasteiger partial charge on any atom is 0.326 e. The maximum absolute atomic E-state index is 13.4. The molecule has 1 aliphatic heterocycles. The van der Waals surface area contributed by atoms with Crippen LogP contribution in [0.15, 0.2) is 60.0 Å². The Morgan fingerprint density at radius 1 is 1.12 bits per heavy atom. The van der Waals surface area contributed by atoms with Gasteiger partial charge < -0.3 is 25.2 Å². The zero-order valence-electron chi connectivity index (χ0n) is 23.6. The summed E-state index contributed by atoms with van der Waals surface area (Å²) >= 11 is 1.24. The Balaban J connectivity index is 1.24. The Kier molecular flexibility index (Phi) is 8.03. The van der Waals surface area contributed by atoms with Gasteiger partial charge >= 0.3 is 5.97 Å². The first kappa shape index (κ1) is 29.2. The van der Waals surface area contributed by atoms with Crippen molar-refractivity contribution in [3.05, 3.63) is 81.6 Å². The minimum atomic E-state index is -1.19. The number of ether oxygens (including phenoxy) is 1. The lowest BCUT2D eigenvalue weighted by molar-refractivity contribution is -0.150. The second-order valence-electron chi connectivity index (χ2n) is 11.6. The van der Waals surface area contributed by atoms with Gasteiger partial charge in [-0.1, -0.05) is 51.1 Å². The van der Waals surface area contributed by atoms with Crippen LogP contribution in [0.25, 0.3) is 17.2 Å². The number of rotatable bonds is 8. The lowest BCUT2D eigenvalue weighted by atomic mass is 9.85. The number of nitrogens with zero attached hydrogens (tertiary/aromatic N) is 1. The molecule has 2 amide bonds. The molecule has 3 aromatic rings. The van der Waals surface area contributed by atoms with Crippen molar-refractivity contribution >= 4 is 40.9 Å². The van der Waals surface area contributed by atoms with Gasteiger partial charge in [0.2, 0.25) is 5.91 Å². The van der Waals surface area contributed by atoms with Gasteiger partial charge in [0.25, 0.3) is 5.91 Å². The molecule has 0 bridgehead atoms. The van der Waals surface area contributed by atoms with E-state index in [9.17, 15) is 24.6 Å². The summed E-state index contributed by atoms with van der Waals surface area (Å²) < 4.78 is 5.91. The third kappa shape index (κ3) is 5.73. The van der Waals surface area contributed by atoms with Crippen LogP contribution in [0.1, 0.15) is 53.6 Å². The highest BCUT2D eigenvalue weighted by atomic mass is 32.1. The van der Waals surface area contributed by atoms with Gasteiger partial charge in [-0.25, -0.2) is 4.79 Å². The molecule has 1 aliphatic carbocycles. The Morgan fingerprint density at radius 2 is 1.83 bits per heavy atom. The number of carbonyl (C=O) groups is 3. The van der Waals surface area contributed by atoms with Crippen LogP contribution in [0.3, 0.4) is 0 Å². The fourth-order valence-electron chi connectivity index (χ4n) is 5.39. The fraction of sp³-hybridized carbons (Fsp3) is 0.312. The average molecular weight is 588 g/mol. The lowest BCUT2D eigenvalue weighted by Crippen LogP contribution is -2.56. The van der Waals surface area contributed by atoms with Crippen molar-refractivity contribution in [3.63, 3.8) is 0 Å². The molecule has 4 N–H and O–H groups in total. The van der Waals surface area contributed by atoms with Crippen LogP contribution in [-0.4, -0.2) is 69.9 Å². The van der Waals surface area contributed by atoms with Gasteiger partial charge in [0.05, 0.1) is 16.7 Å². The smallest absolute Gasteiger partial charge is 0.326 e. The molecule has 2 heterocycles. The van der Waals surface area contributed by atoms with E-state index in [1.54, 1.807) is 44.4 Å². The van der Waals surface area contributed by atoms with Gasteiger partial charge in [-0.15, -0.1) is 11.3 Å². The van der Waals surface area contributed by atoms with E-state index in [4.69, 9.17) is 10.1 Å². The third-order valence-electron chi connectivity index (χ3n) is 7.53. The van der Waals surface area contributed by atoms with Crippen molar-refractivity contribution in [2.45, 2.75) is 45.4 Å². The molecule has 218 valence electrons. The van der Waals surface area contributed by atoms with Crippen LogP contribution in [0.5, 0.6) is 5.75 Å². The van der Waals surface area contributed by atoms with Gasteiger partial charge in [0, 0.05) is 24.1 Å². The van der Waals surface area contributed by atoms with Crippen LogP contribution < -0.4 is 10.1 Å². The molecule has 1 aromatic heterocycles. The molecular weight excluding hydrogens is 554 g/mol. The van der Waals surface area contributed by atoms with Crippen molar-refractivity contribution in [1.29, 1.82) is 5.41 Å². The minimum absolute atomic E-state index is 0.0462. The minimum Gasteiger partial charge on any atom is -0.490 e. The number of carboxylic acids is 1. The van der Waals surface area contributed by atoms with Gasteiger partial charge in [-0.3, -0.25) is 15.0 Å². The van der Waals surface area contributed by atoms with E-state index in [1.165, 1.54) is 11.3 Å². The van der Waals surface area contributed by atoms with E-state index in [0.717, 1.165) is 27.2 Å². The first-order chi connectivity index (χ1) is 20.0. The molecule has 1 fully saturated rings. The SMILES string of the molecule is CC(C)(C)[C@H](NC(=O)c1sccc1/C=C/COc1ccc2c(c1)C(=N)c1ccccc1-2)C(=O)N1C[C@H](O)C[C@H]1C(=O)O. The molecule has 9 nitrogen and oxygen atoms in total. The van der Waals surface area contributed by atoms with Crippen molar-refractivity contribution in [2.24, 2.45) is 5.41 Å². The molecule has 2 aromatic carbocycles. The molecule has 10 heteroatoms. The highest BCUT2D eigenvalue weighted by molar-refractivity contribution is 7.12. The number of fused-ring (bicyclic) bond motifs is 3. The van der Waals surface area contributed by atoms with Gasteiger partial charge in [-0.05, 0) is 57.8 Å². The van der Waals surface area contributed by atoms with E-state index in [1.807, 2.05) is 42.5 Å². The largest absolute Gasteiger partial charge is 0.490 e. The van der Waals surface area contributed by atoms with E-state index in [2.05, 4.69) is 5.32 Å². The number of likely N-dealkylation sites (tertiary alicyclic amines) is 1. The summed E-state index contributed by atoms with van der Waals surface area (Å²) in [5, 5.41) is 32.7. The van der Waals surface area contributed by atoms with Crippen LogP contribution in [-0.2, 0) is 9.59 Å². The molecule has 3 atom stereocenters. The molecule has 0 radical (unpaired) electrons.